The second kappa shape index (κ2) is 39.5. The van der Waals surface area contributed by atoms with Gasteiger partial charge >= 0.3 is 11.9 Å². The maximum absolute atomic E-state index is 14.1. The van der Waals surface area contributed by atoms with E-state index in [0.29, 0.717) is 27.8 Å². The van der Waals surface area contributed by atoms with Gasteiger partial charge < -0.3 is 112 Å². The van der Waals surface area contributed by atoms with Crippen LogP contribution in [0.25, 0.3) is 31.3 Å². The molecule has 25 atom stereocenters. The molecule has 570 valence electrons. The van der Waals surface area contributed by atoms with E-state index >= 15 is 0 Å². The van der Waals surface area contributed by atoms with Crippen LogP contribution in [0.3, 0.4) is 0 Å². The molecule has 0 aliphatic carbocycles. The fraction of sp³-hybridized carbons (Fsp3) is 0.479. The Kier molecular flexibility index (Phi) is 29.3. The minimum Gasteiger partial charge on any atom is -0.479 e. The van der Waals surface area contributed by atoms with Crippen molar-refractivity contribution < 1.29 is 121 Å². The monoisotopic (exact) mass is 1490 g/mol. The zero-order valence-electron chi connectivity index (χ0n) is 57.6. The van der Waals surface area contributed by atoms with E-state index in [9.17, 15) is 61.9 Å². The number of carboxylic acid groups (broad SMARTS) is 2. The SMILES string of the molecule is CO[C@H]1OC(CO)[C@@H](O[C@@H]2OC(C(=O)O)[C@@H](O[C@H]3OC(CO)[C@@H](O[C@@H]4OC(C(=O)O)[C@@H](O[C@H]5OC(CO)[C@@H](OCc6ccccc6)[C@H](OCc6ccccc6)C5N=[N+]=[N-])[C@H](OCc5ccccc5)C4OCc4ccccc4)C(O)[C@@H]3N=[N+]=[N-])[C@@H](OCc3ccccc3)C2O)C(OCc2ccccc2)[C@@H]1N=[N+]=[N-]. The van der Waals surface area contributed by atoms with Gasteiger partial charge in [-0.25, -0.2) is 9.59 Å². The Labute approximate surface area is 612 Å². The van der Waals surface area contributed by atoms with Crippen LogP contribution in [0.4, 0.5) is 0 Å². The molecule has 0 bridgehead atoms. The number of hydrogen-bond donors (Lipinski definition) is 7. The fourth-order valence-electron chi connectivity index (χ4n) is 13.3. The Balaban J connectivity index is 0.913. The van der Waals surface area contributed by atoms with Crippen LogP contribution in [0.2, 0.25) is 0 Å². The molecule has 5 aliphatic rings. The van der Waals surface area contributed by atoms with Crippen molar-refractivity contribution in [1.82, 2.24) is 0 Å². The van der Waals surface area contributed by atoms with E-state index < -0.39 is 185 Å². The standard InChI is InChI=1S/C73H83N9O25/c1-92-69-51(78-81-75)59(95-37-43-24-12-4-13-25-43)57(49(34-85)99-69)103-72-54(87)60(96-38-44-26-14-5-15-27-44)62(64(106-72)67(88)89)104-70-50(77-80-74)53(86)55(47(32-83)100-70)102-73-66(98-40-46-30-18-7-19-31-46)61(97-39-45-28-16-6-17-29-45)63(65(107-73)68(90)91)105-71-52(79-82-76)58(94-36-42-22-10-3-11-23-42)56(48(33-84)101-71)93-35-41-20-8-2-9-21-41/h2-31,47-66,69-73,83-87H,32-40H2,1H3,(H,88,89)(H,90,91)/t47?,48?,49?,50-,51-,52?,53?,54?,55+,56+,57+,58+,59?,60-,61-,62-,63-,64?,65?,66?,69-,70+,71+,72+,73+/m0/s1. The third-order valence-electron chi connectivity index (χ3n) is 18.6. The molecule has 6 aromatic rings. The third kappa shape index (κ3) is 20.0. The van der Waals surface area contributed by atoms with Gasteiger partial charge in [-0.2, -0.15) is 0 Å². The summed E-state index contributed by atoms with van der Waals surface area (Å²) in [6.07, 6.45) is -38.5. The Morgan fingerprint density at radius 1 is 0.346 bits per heavy atom. The zero-order valence-corrected chi connectivity index (χ0v) is 57.6. The fourth-order valence-corrected chi connectivity index (χ4v) is 13.3. The summed E-state index contributed by atoms with van der Waals surface area (Å²) in [7, 11) is 1.27. The normalized spacial score (nSPS) is 32.8. The van der Waals surface area contributed by atoms with Crippen LogP contribution in [0.15, 0.2) is 197 Å². The number of carboxylic acids is 2. The van der Waals surface area contributed by atoms with Gasteiger partial charge in [0, 0.05) is 21.8 Å². The second-order valence-electron chi connectivity index (χ2n) is 25.5. The number of hydrogen-bond acceptors (Lipinski definition) is 26. The van der Waals surface area contributed by atoms with Crippen molar-refractivity contribution in [2.75, 3.05) is 26.9 Å². The van der Waals surface area contributed by atoms with Crippen molar-refractivity contribution in [3.05, 3.63) is 247 Å². The molecule has 6 aromatic carbocycles. The molecule has 5 saturated heterocycles. The number of aliphatic carboxylic acids is 2. The molecule has 34 heteroatoms. The quantitative estimate of drug-likeness (QED) is 0.0132. The van der Waals surface area contributed by atoms with Gasteiger partial charge in [-0.05, 0) is 50.0 Å². The highest BCUT2D eigenvalue weighted by Crippen LogP contribution is 2.41. The highest BCUT2D eigenvalue weighted by Gasteiger charge is 2.60. The molecule has 5 aliphatic heterocycles. The molecule has 107 heavy (non-hydrogen) atoms. The molecule has 0 saturated carbocycles. The van der Waals surface area contributed by atoms with Gasteiger partial charge in [0.05, 0.1) is 65.6 Å². The first-order valence-corrected chi connectivity index (χ1v) is 34.4. The topological polar surface area (TPSA) is 470 Å². The highest BCUT2D eigenvalue weighted by atomic mass is 16.8. The first kappa shape index (κ1) is 79.4. The average Bonchev–Trinajstić information content (AvgIpc) is 0.765. The maximum atomic E-state index is 14.1. The average molecular weight is 1490 g/mol. The first-order valence-electron chi connectivity index (χ1n) is 34.4. The van der Waals surface area contributed by atoms with Crippen molar-refractivity contribution in [2.24, 2.45) is 15.3 Å². The number of benzene rings is 6. The zero-order chi connectivity index (χ0) is 75.2. The summed E-state index contributed by atoms with van der Waals surface area (Å²) >= 11 is 0. The van der Waals surface area contributed by atoms with E-state index in [1.807, 2.05) is 36.4 Å². The van der Waals surface area contributed by atoms with Gasteiger partial charge in [-0.1, -0.05) is 197 Å². The number of methoxy groups -OCH3 is 1. The molecule has 0 spiro atoms. The number of rotatable bonds is 35. The molecule has 0 aromatic heterocycles. The molecule has 7 N–H and O–H groups in total. The maximum Gasteiger partial charge on any atom is 0.335 e. The number of ether oxygens (including phenoxy) is 16. The number of aliphatic hydroxyl groups excluding tert-OH is 5. The lowest BCUT2D eigenvalue weighted by Gasteiger charge is -2.51. The lowest BCUT2D eigenvalue weighted by molar-refractivity contribution is -0.382. The van der Waals surface area contributed by atoms with E-state index in [4.69, 9.17) is 75.8 Å². The summed E-state index contributed by atoms with van der Waals surface area (Å²) in [5.41, 5.74) is 34.1. The van der Waals surface area contributed by atoms with Crippen molar-refractivity contribution in [1.29, 1.82) is 0 Å². The van der Waals surface area contributed by atoms with Crippen LogP contribution in [0.1, 0.15) is 33.4 Å². The molecule has 0 amide bonds. The Morgan fingerprint density at radius 3 is 1.05 bits per heavy atom. The van der Waals surface area contributed by atoms with Crippen LogP contribution >= 0.6 is 0 Å². The molecule has 11 rings (SSSR count). The summed E-state index contributed by atoms with van der Waals surface area (Å²) in [5.74, 6) is -3.44. The number of nitrogens with zero attached hydrogens (tertiary/aromatic N) is 9. The van der Waals surface area contributed by atoms with Crippen LogP contribution < -0.4 is 0 Å². The van der Waals surface area contributed by atoms with E-state index in [1.165, 1.54) is 7.11 Å². The van der Waals surface area contributed by atoms with Crippen LogP contribution in [0.5, 0.6) is 0 Å². The van der Waals surface area contributed by atoms with Crippen molar-refractivity contribution >= 4 is 11.9 Å². The van der Waals surface area contributed by atoms with E-state index in [2.05, 4.69) is 30.1 Å². The van der Waals surface area contributed by atoms with E-state index in [-0.39, 0.29) is 39.6 Å². The molecule has 10 unspecified atom stereocenters. The largest absolute Gasteiger partial charge is 0.479 e. The number of carbonyl (C=O) groups is 2. The van der Waals surface area contributed by atoms with Gasteiger partial charge in [0.15, 0.2) is 43.7 Å². The summed E-state index contributed by atoms with van der Waals surface area (Å²) in [4.78, 5) is 36.9. The molecular weight excluding hydrogens is 1400 g/mol. The summed E-state index contributed by atoms with van der Waals surface area (Å²) in [5, 5.41) is 93.1. The Hall–Kier alpha value is -8.65. The second-order valence-corrected chi connectivity index (χ2v) is 25.5. The highest BCUT2D eigenvalue weighted by molar-refractivity contribution is 5.74. The first-order chi connectivity index (χ1) is 52.3. The smallest absolute Gasteiger partial charge is 0.335 e. The van der Waals surface area contributed by atoms with E-state index in [1.54, 1.807) is 146 Å². The Morgan fingerprint density at radius 2 is 0.645 bits per heavy atom. The minimum atomic E-state index is -2.23. The minimum absolute atomic E-state index is 0.0138. The Bertz CT molecular complexity index is 3870. The lowest BCUT2D eigenvalue weighted by Crippen LogP contribution is -2.69. The van der Waals surface area contributed by atoms with Crippen LogP contribution in [0, 0.1) is 0 Å². The van der Waals surface area contributed by atoms with Crippen molar-refractivity contribution in [3.63, 3.8) is 0 Å². The molecule has 34 nitrogen and oxygen atoms in total. The molecular formula is C73H83N9O25. The summed E-state index contributed by atoms with van der Waals surface area (Å²) < 4.78 is 102. The molecule has 5 fully saturated rings. The predicted octanol–water partition coefficient (Wildman–Crippen LogP) is 6.22. The molecule has 5 heterocycles. The van der Waals surface area contributed by atoms with Crippen molar-refractivity contribution in [3.8, 4) is 0 Å². The van der Waals surface area contributed by atoms with Crippen LogP contribution in [-0.2, 0) is 125 Å². The van der Waals surface area contributed by atoms with Gasteiger partial charge in [0.25, 0.3) is 0 Å². The van der Waals surface area contributed by atoms with Crippen LogP contribution in [-0.4, -0.2) is 228 Å². The summed E-state index contributed by atoms with van der Waals surface area (Å²) in [6.45, 7) is -3.62. The molecule has 0 radical (unpaired) electrons. The van der Waals surface area contributed by atoms with Gasteiger partial charge in [-0.3, -0.25) is 0 Å². The number of azide groups is 3. The summed E-state index contributed by atoms with van der Waals surface area (Å²) in [6, 6.07) is 47.9. The lowest BCUT2D eigenvalue weighted by atomic mass is 9.93. The van der Waals surface area contributed by atoms with Gasteiger partial charge in [0.2, 0.25) is 0 Å². The third-order valence-corrected chi connectivity index (χ3v) is 18.6. The number of aliphatic hydroxyl groups is 5. The van der Waals surface area contributed by atoms with Gasteiger partial charge in [-0.15, -0.1) is 0 Å². The predicted molar refractivity (Wildman–Crippen MR) is 367 cm³/mol. The van der Waals surface area contributed by atoms with E-state index in [0.717, 1.165) is 5.56 Å². The van der Waals surface area contributed by atoms with Crippen molar-refractivity contribution in [2.45, 2.75) is 193 Å². The van der Waals surface area contributed by atoms with Gasteiger partial charge in [0.1, 0.15) is 104 Å².